The average Bonchev–Trinajstić information content (AvgIpc) is 3.55. The van der Waals surface area contributed by atoms with Crippen LogP contribution in [0.1, 0.15) is 148 Å². The predicted octanol–water partition coefficient (Wildman–Crippen LogP) is 5.20. The smallest absolute Gasteiger partial charge is 0.243 e. The molecule has 4 unspecified atom stereocenters. The first-order valence-electron chi connectivity index (χ1n) is 18.7. The van der Waals surface area contributed by atoms with Crippen molar-refractivity contribution in [2.24, 2.45) is 17.8 Å². The van der Waals surface area contributed by atoms with E-state index in [2.05, 4.69) is 21.3 Å². The maximum Gasteiger partial charge on any atom is 0.243 e. The molecule has 4 N–H and O–H groups in total. The molecule has 1 aliphatic heterocycles. The third kappa shape index (κ3) is 10.4. The lowest BCUT2D eigenvalue weighted by atomic mass is 9.81. The first kappa shape index (κ1) is 34.2. The average molecular weight is 629 g/mol. The van der Waals surface area contributed by atoms with Crippen molar-refractivity contribution >= 4 is 23.6 Å². The Morgan fingerprint density at radius 1 is 0.689 bits per heavy atom. The van der Waals surface area contributed by atoms with Gasteiger partial charge in [-0.15, -0.1) is 0 Å². The molecule has 4 saturated carbocycles. The van der Waals surface area contributed by atoms with Crippen LogP contribution in [0.2, 0.25) is 0 Å². The number of hydrogen-bond acceptors (Lipinski definition) is 5. The van der Waals surface area contributed by atoms with Crippen LogP contribution < -0.4 is 21.3 Å². The molecule has 4 bridgehead atoms. The van der Waals surface area contributed by atoms with Gasteiger partial charge in [0.25, 0.3) is 0 Å². The van der Waals surface area contributed by atoms with Gasteiger partial charge in [0, 0.05) is 12.5 Å². The van der Waals surface area contributed by atoms with Crippen molar-refractivity contribution in [1.82, 2.24) is 21.3 Å². The van der Waals surface area contributed by atoms with Crippen LogP contribution in [-0.4, -0.2) is 60.0 Å². The Hall–Kier alpha value is -2.16. The molecule has 5 fully saturated rings. The van der Waals surface area contributed by atoms with Gasteiger partial charge in [-0.25, -0.2) is 0 Å². The number of ether oxygens (including phenoxy) is 1. The number of hydrogen-bond donors (Lipinski definition) is 4. The van der Waals surface area contributed by atoms with E-state index in [1.165, 1.54) is 19.3 Å². The fraction of sp³-hybridized carbons (Fsp3) is 0.889. The van der Waals surface area contributed by atoms with Crippen molar-refractivity contribution in [1.29, 1.82) is 0 Å². The Bertz CT molecular complexity index is 994. The Labute approximate surface area is 270 Å². The van der Waals surface area contributed by atoms with Gasteiger partial charge in [-0.3, -0.25) is 19.2 Å². The summed E-state index contributed by atoms with van der Waals surface area (Å²) in [4.78, 5) is 54.3. The van der Waals surface area contributed by atoms with Crippen LogP contribution in [0.25, 0.3) is 0 Å². The Morgan fingerprint density at radius 2 is 1.33 bits per heavy atom. The fourth-order valence-corrected chi connectivity index (χ4v) is 8.92. The molecule has 4 amide bonds. The molecule has 45 heavy (non-hydrogen) atoms. The Morgan fingerprint density at radius 3 is 2.00 bits per heavy atom. The van der Waals surface area contributed by atoms with E-state index in [4.69, 9.17) is 4.74 Å². The maximum absolute atomic E-state index is 14.1. The van der Waals surface area contributed by atoms with Gasteiger partial charge in [0.2, 0.25) is 23.6 Å². The first-order valence-corrected chi connectivity index (χ1v) is 18.7. The zero-order valence-corrected chi connectivity index (χ0v) is 27.8. The van der Waals surface area contributed by atoms with Gasteiger partial charge in [-0.1, -0.05) is 77.6 Å². The maximum atomic E-state index is 14.1. The van der Waals surface area contributed by atoms with Crippen LogP contribution in [0.5, 0.6) is 0 Å². The van der Waals surface area contributed by atoms with Gasteiger partial charge in [0.15, 0.2) is 0 Å². The first-order chi connectivity index (χ1) is 21.9. The molecular weight excluding hydrogens is 568 g/mol. The highest BCUT2D eigenvalue weighted by molar-refractivity contribution is 5.94. The number of rotatable bonds is 7. The summed E-state index contributed by atoms with van der Waals surface area (Å²) >= 11 is 0. The van der Waals surface area contributed by atoms with Crippen molar-refractivity contribution in [3.63, 3.8) is 0 Å². The summed E-state index contributed by atoms with van der Waals surface area (Å²) in [6.45, 7) is 1.79. The normalized spacial score (nSPS) is 34.4. The number of amides is 4. The zero-order chi connectivity index (χ0) is 31.6. The molecule has 0 aromatic rings. The molecule has 9 heteroatoms. The van der Waals surface area contributed by atoms with Gasteiger partial charge in [0.05, 0.1) is 12.2 Å². The second-order valence-electron chi connectivity index (χ2n) is 15.1. The highest BCUT2D eigenvalue weighted by Crippen LogP contribution is 2.36. The molecule has 5 rings (SSSR count). The van der Waals surface area contributed by atoms with Crippen LogP contribution in [0.15, 0.2) is 0 Å². The van der Waals surface area contributed by atoms with E-state index >= 15 is 0 Å². The zero-order valence-electron chi connectivity index (χ0n) is 27.8. The van der Waals surface area contributed by atoms with E-state index in [9.17, 15) is 19.2 Å². The van der Waals surface area contributed by atoms with Crippen molar-refractivity contribution in [2.45, 2.75) is 185 Å². The topological polar surface area (TPSA) is 126 Å². The minimum Gasteiger partial charge on any atom is -0.375 e. The lowest BCUT2D eigenvalue weighted by molar-refractivity contribution is -0.135. The number of fused-ring (bicyclic) bond motifs is 4. The molecule has 0 aromatic heterocycles. The Balaban J connectivity index is 1.38. The summed E-state index contributed by atoms with van der Waals surface area (Å²) in [5.74, 6) is 0.313. The van der Waals surface area contributed by atoms with E-state index in [0.29, 0.717) is 37.5 Å². The lowest BCUT2D eigenvalue weighted by Crippen LogP contribution is -2.58. The van der Waals surface area contributed by atoms with Gasteiger partial charge < -0.3 is 26.0 Å². The Kier molecular flexibility index (Phi) is 13.0. The summed E-state index contributed by atoms with van der Waals surface area (Å²) in [7, 11) is 0. The van der Waals surface area contributed by atoms with E-state index in [1.807, 2.05) is 0 Å². The number of carbonyl (C=O) groups excluding carboxylic acids is 4. The third-order valence-electron chi connectivity index (χ3n) is 11.5. The summed E-state index contributed by atoms with van der Waals surface area (Å²) in [5.41, 5.74) is 0. The van der Waals surface area contributed by atoms with Gasteiger partial charge in [-0.05, 0) is 82.0 Å². The highest BCUT2D eigenvalue weighted by atomic mass is 16.5. The molecule has 1 heterocycles. The van der Waals surface area contributed by atoms with Crippen molar-refractivity contribution < 1.29 is 23.9 Å². The van der Waals surface area contributed by atoms with Crippen molar-refractivity contribution in [2.75, 3.05) is 0 Å². The van der Waals surface area contributed by atoms with E-state index in [-0.39, 0.29) is 47.8 Å². The van der Waals surface area contributed by atoms with Crippen LogP contribution in [0.4, 0.5) is 0 Å². The molecule has 0 radical (unpaired) electrons. The van der Waals surface area contributed by atoms with Crippen molar-refractivity contribution in [3.05, 3.63) is 0 Å². The summed E-state index contributed by atoms with van der Waals surface area (Å²) in [6, 6.07) is -1.91. The van der Waals surface area contributed by atoms with Crippen LogP contribution in [0.3, 0.4) is 0 Å². The van der Waals surface area contributed by atoms with Gasteiger partial charge in [-0.2, -0.15) is 0 Å². The van der Waals surface area contributed by atoms with E-state index < -0.39 is 18.1 Å². The van der Waals surface area contributed by atoms with Gasteiger partial charge in [0.1, 0.15) is 18.1 Å². The molecule has 9 nitrogen and oxygen atoms in total. The molecule has 0 spiro atoms. The minimum atomic E-state index is -0.739. The molecule has 1 saturated heterocycles. The molecule has 254 valence electrons. The second kappa shape index (κ2) is 17.1. The molecular formula is C36H60N4O5. The summed E-state index contributed by atoms with van der Waals surface area (Å²) in [5, 5.41) is 12.5. The summed E-state index contributed by atoms with van der Waals surface area (Å²) in [6.07, 6.45) is 21.5. The van der Waals surface area contributed by atoms with Crippen LogP contribution in [0, 0.1) is 17.8 Å². The lowest BCUT2D eigenvalue weighted by Gasteiger charge is -2.37. The van der Waals surface area contributed by atoms with Gasteiger partial charge >= 0.3 is 0 Å². The second-order valence-corrected chi connectivity index (χ2v) is 15.1. The van der Waals surface area contributed by atoms with Crippen LogP contribution >= 0.6 is 0 Å². The number of carbonyl (C=O) groups is 4. The molecule has 7 atom stereocenters. The van der Waals surface area contributed by atoms with Crippen molar-refractivity contribution in [3.8, 4) is 0 Å². The third-order valence-corrected chi connectivity index (χ3v) is 11.5. The molecule has 5 aliphatic rings. The fourth-order valence-electron chi connectivity index (χ4n) is 8.92. The van der Waals surface area contributed by atoms with E-state index in [0.717, 1.165) is 96.3 Å². The quantitative estimate of drug-likeness (QED) is 0.309. The number of nitrogens with one attached hydrogen (secondary N) is 4. The minimum absolute atomic E-state index is 0.0972. The standard InChI is InChI=1S/C36H60N4O5/c1-2-33(41)38-31-22-25-12-8-16-28(20-25)45-29-17-9-13-26(21-29)23-32(35(43)37-27-14-6-7-15-27)40-34(42)30(39-36(31)44)19-18-24-10-4-3-5-11-24/h24-32H,2-23H2,1H3,(H,37,43)(H,38,41)(H,39,44)(H,40,42)/t25?,26?,28?,29?,30-,31-,32-/m0/s1. The largest absolute Gasteiger partial charge is 0.375 e. The van der Waals surface area contributed by atoms with E-state index in [1.54, 1.807) is 6.92 Å². The predicted molar refractivity (Wildman–Crippen MR) is 174 cm³/mol. The highest BCUT2D eigenvalue weighted by Gasteiger charge is 2.36. The SMILES string of the molecule is CCC(=O)N[C@H]1CC2CCCC(C2)OC2CCCC(C2)C[C@@H](C(=O)NC2CCCC2)NC(=O)[C@H](CCC2CCCCC2)NC1=O. The monoisotopic (exact) mass is 628 g/mol. The molecule has 0 aromatic carbocycles. The molecule has 4 aliphatic carbocycles. The van der Waals surface area contributed by atoms with Crippen LogP contribution in [-0.2, 0) is 23.9 Å². The summed E-state index contributed by atoms with van der Waals surface area (Å²) < 4.78 is 6.71.